The Bertz CT molecular complexity index is 854. The van der Waals surface area contributed by atoms with Gasteiger partial charge in [-0.3, -0.25) is 4.79 Å². The molecule has 1 amide bonds. The number of amides is 1. The van der Waals surface area contributed by atoms with E-state index in [9.17, 15) is 17.6 Å². The van der Waals surface area contributed by atoms with Crippen molar-refractivity contribution in [3.63, 3.8) is 0 Å². The van der Waals surface area contributed by atoms with E-state index in [0.29, 0.717) is 18.7 Å². The average Bonchev–Trinajstić information content (AvgIpc) is 2.63. The molecule has 1 fully saturated rings. The number of nitrogens with one attached hydrogen (secondary N) is 1. The van der Waals surface area contributed by atoms with Crippen molar-refractivity contribution in [1.29, 1.82) is 0 Å². The van der Waals surface area contributed by atoms with Gasteiger partial charge in [-0.1, -0.05) is 24.6 Å². The van der Waals surface area contributed by atoms with Gasteiger partial charge in [-0.05, 0) is 49.2 Å². The summed E-state index contributed by atoms with van der Waals surface area (Å²) in [7, 11) is -3.76. The van der Waals surface area contributed by atoms with Crippen LogP contribution in [0, 0.1) is 5.82 Å². The molecule has 1 N–H and O–H groups in total. The molecule has 2 aromatic carbocycles. The van der Waals surface area contributed by atoms with Crippen molar-refractivity contribution in [3.8, 4) is 0 Å². The Morgan fingerprint density at radius 2 is 1.77 bits per heavy atom. The van der Waals surface area contributed by atoms with Gasteiger partial charge in [0, 0.05) is 24.7 Å². The predicted molar refractivity (Wildman–Crippen MR) is 97.6 cm³/mol. The average molecular weight is 376 g/mol. The smallest absolute Gasteiger partial charge is 0.243 e. The van der Waals surface area contributed by atoms with E-state index >= 15 is 0 Å². The largest absolute Gasteiger partial charge is 0.326 e. The van der Waals surface area contributed by atoms with Gasteiger partial charge in [-0.2, -0.15) is 4.31 Å². The van der Waals surface area contributed by atoms with Gasteiger partial charge < -0.3 is 5.32 Å². The quantitative estimate of drug-likeness (QED) is 0.870. The molecule has 2 aromatic rings. The third-order valence-corrected chi connectivity index (χ3v) is 6.44. The van der Waals surface area contributed by atoms with Crippen molar-refractivity contribution in [2.45, 2.75) is 36.6 Å². The Kier molecular flexibility index (Phi) is 5.68. The highest BCUT2D eigenvalue weighted by atomic mass is 32.2. The van der Waals surface area contributed by atoms with Gasteiger partial charge in [0.1, 0.15) is 5.82 Å². The molecular weight excluding hydrogens is 355 g/mol. The van der Waals surface area contributed by atoms with Crippen LogP contribution in [0.2, 0.25) is 0 Å². The molecule has 0 spiro atoms. The maximum Gasteiger partial charge on any atom is 0.243 e. The zero-order chi connectivity index (χ0) is 18.6. The van der Waals surface area contributed by atoms with Gasteiger partial charge in [-0.25, -0.2) is 12.8 Å². The highest BCUT2D eigenvalue weighted by Crippen LogP contribution is 2.27. The summed E-state index contributed by atoms with van der Waals surface area (Å²) >= 11 is 0. The number of halogens is 1. The minimum Gasteiger partial charge on any atom is -0.326 e. The molecule has 26 heavy (non-hydrogen) atoms. The molecule has 1 heterocycles. The van der Waals surface area contributed by atoms with Crippen LogP contribution < -0.4 is 5.32 Å². The minimum atomic E-state index is -3.76. The van der Waals surface area contributed by atoms with Crippen molar-refractivity contribution in [1.82, 2.24) is 4.31 Å². The second-order valence-electron chi connectivity index (χ2n) is 6.34. The summed E-state index contributed by atoms with van der Waals surface area (Å²) in [4.78, 5) is 12.4. The Morgan fingerprint density at radius 3 is 2.46 bits per heavy atom. The van der Waals surface area contributed by atoms with Gasteiger partial charge in [0.2, 0.25) is 15.9 Å². The Labute approximate surface area is 152 Å². The molecule has 138 valence electrons. The number of benzene rings is 2. The van der Waals surface area contributed by atoms with Gasteiger partial charge >= 0.3 is 0 Å². The minimum absolute atomic E-state index is 0.0502. The van der Waals surface area contributed by atoms with Crippen LogP contribution in [0.1, 0.15) is 25.7 Å². The molecule has 1 aliphatic heterocycles. The molecule has 0 aliphatic carbocycles. The van der Waals surface area contributed by atoms with E-state index in [1.165, 1.54) is 16.4 Å². The molecule has 7 heteroatoms. The fraction of sp³-hybridized carbons (Fsp3) is 0.316. The lowest BCUT2D eigenvalue weighted by Gasteiger charge is -2.34. The summed E-state index contributed by atoms with van der Waals surface area (Å²) in [6.07, 6.45) is 2.34. The number of nitrogens with zero attached hydrogens (tertiary/aromatic N) is 1. The maximum atomic E-state index is 13.1. The monoisotopic (exact) mass is 376 g/mol. The fourth-order valence-corrected chi connectivity index (χ4v) is 4.88. The highest BCUT2D eigenvalue weighted by Gasteiger charge is 2.34. The van der Waals surface area contributed by atoms with Crippen LogP contribution in [-0.4, -0.2) is 31.2 Å². The number of anilines is 1. The third-order valence-electron chi connectivity index (χ3n) is 4.47. The summed E-state index contributed by atoms with van der Waals surface area (Å²) in [6, 6.07) is 13.5. The standard InChI is InChI=1S/C19H21FN2O3S/c20-15-9-11-18(12-10-15)26(24,25)22-13-5-4-8-17(22)14-19(23)21-16-6-2-1-3-7-16/h1-3,6-7,9-12,17H,4-5,8,13-14H2,(H,21,23)/t17-/m0/s1. The Morgan fingerprint density at radius 1 is 1.08 bits per heavy atom. The summed E-state index contributed by atoms with van der Waals surface area (Å²) in [5, 5.41) is 2.80. The van der Waals surface area contributed by atoms with Gasteiger partial charge in [-0.15, -0.1) is 0 Å². The summed E-state index contributed by atoms with van der Waals surface area (Å²) < 4.78 is 40.3. The van der Waals surface area contributed by atoms with Crippen LogP contribution >= 0.6 is 0 Å². The van der Waals surface area contributed by atoms with E-state index in [0.717, 1.165) is 25.0 Å². The lowest BCUT2D eigenvalue weighted by molar-refractivity contribution is -0.117. The number of hydrogen-bond acceptors (Lipinski definition) is 3. The molecule has 0 bridgehead atoms. The second kappa shape index (κ2) is 7.97. The molecule has 5 nitrogen and oxygen atoms in total. The molecule has 0 radical (unpaired) electrons. The second-order valence-corrected chi connectivity index (χ2v) is 8.23. The van der Waals surface area contributed by atoms with Crippen LogP contribution in [0.3, 0.4) is 0 Å². The molecule has 3 rings (SSSR count). The number of piperidine rings is 1. The van der Waals surface area contributed by atoms with Crippen molar-refractivity contribution in [3.05, 3.63) is 60.4 Å². The lowest BCUT2D eigenvalue weighted by Crippen LogP contribution is -2.45. The van der Waals surface area contributed by atoms with Gasteiger partial charge in [0.25, 0.3) is 0 Å². The first-order valence-corrected chi connectivity index (χ1v) is 10.0. The van der Waals surface area contributed by atoms with Crippen LogP contribution in [0.4, 0.5) is 10.1 Å². The molecule has 0 aromatic heterocycles. The highest BCUT2D eigenvalue weighted by molar-refractivity contribution is 7.89. The first kappa shape index (κ1) is 18.5. The SMILES string of the molecule is O=C(C[C@@H]1CCCCN1S(=O)(=O)c1ccc(F)cc1)Nc1ccccc1. The molecule has 0 unspecified atom stereocenters. The first-order valence-electron chi connectivity index (χ1n) is 8.59. The summed E-state index contributed by atoms with van der Waals surface area (Å²) in [5.74, 6) is -0.705. The fourth-order valence-electron chi connectivity index (χ4n) is 3.18. The number of carbonyl (C=O) groups excluding carboxylic acids is 1. The molecular formula is C19H21FN2O3S. The first-order chi connectivity index (χ1) is 12.5. The van der Waals surface area contributed by atoms with E-state index < -0.39 is 21.9 Å². The van der Waals surface area contributed by atoms with E-state index in [1.807, 2.05) is 18.2 Å². The van der Waals surface area contributed by atoms with Gasteiger partial charge in [0.15, 0.2) is 0 Å². The van der Waals surface area contributed by atoms with E-state index in [-0.39, 0.29) is 17.2 Å². The van der Waals surface area contributed by atoms with Crippen LogP contribution in [0.25, 0.3) is 0 Å². The zero-order valence-electron chi connectivity index (χ0n) is 14.3. The molecule has 0 saturated carbocycles. The summed E-state index contributed by atoms with van der Waals surface area (Å²) in [5.41, 5.74) is 0.682. The van der Waals surface area contributed by atoms with E-state index in [1.54, 1.807) is 12.1 Å². The van der Waals surface area contributed by atoms with E-state index in [4.69, 9.17) is 0 Å². The molecule has 1 aliphatic rings. The summed E-state index contributed by atoms with van der Waals surface area (Å²) in [6.45, 7) is 0.364. The number of carbonyl (C=O) groups is 1. The van der Waals surface area contributed by atoms with Crippen molar-refractivity contribution < 1.29 is 17.6 Å². The maximum absolute atomic E-state index is 13.1. The molecule has 1 saturated heterocycles. The van der Waals surface area contributed by atoms with Crippen LogP contribution in [-0.2, 0) is 14.8 Å². The zero-order valence-corrected chi connectivity index (χ0v) is 15.1. The van der Waals surface area contributed by atoms with Crippen LogP contribution in [0.5, 0.6) is 0 Å². The Hall–Kier alpha value is -2.25. The number of rotatable bonds is 5. The lowest BCUT2D eigenvalue weighted by atomic mass is 10.0. The number of hydrogen-bond donors (Lipinski definition) is 1. The van der Waals surface area contributed by atoms with Crippen molar-refractivity contribution in [2.24, 2.45) is 0 Å². The number of sulfonamides is 1. The van der Waals surface area contributed by atoms with Gasteiger partial charge in [0.05, 0.1) is 4.90 Å². The third kappa shape index (κ3) is 4.28. The van der Waals surface area contributed by atoms with E-state index in [2.05, 4.69) is 5.32 Å². The predicted octanol–water partition coefficient (Wildman–Crippen LogP) is 3.40. The normalized spacial score (nSPS) is 18.4. The Balaban J connectivity index is 1.75. The van der Waals surface area contributed by atoms with Crippen molar-refractivity contribution in [2.75, 3.05) is 11.9 Å². The van der Waals surface area contributed by atoms with Crippen LogP contribution in [0.15, 0.2) is 59.5 Å². The topological polar surface area (TPSA) is 66.5 Å². The number of para-hydroxylation sites is 1. The van der Waals surface area contributed by atoms with Crippen molar-refractivity contribution >= 4 is 21.6 Å². The molecule has 1 atom stereocenters.